The minimum Gasteiger partial charge on any atom is -0.478 e. The standard InChI is InChI=1S/C10H12N2O2/c1-2-8-10(13)12-7-4-3-6(11)5-9(7)14-8/h3-5,8H,2,11H2,1H3,(H,12,13). The van der Waals surface area contributed by atoms with Crippen molar-refractivity contribution >= 4 is 17.3 Å². The molecule has 3 N–H and O–H groups in total. The molecule has 0 aliphatic carbocycles. The summed E-state index contributed by atoms with van der Waals surface area (Å²) in [6.07, 6.45) is 0.254. The molecule has 1 heterocycles. The van der Waals surface area contributed by atoms with Crippen molar-refractivity contribution in [3.05, 3.63) is 18.2 Å². The molecule has 1 aromatic rings. The van der Waals surface area contributed by atoms with Gasteiger partial charge in [-0.3, -0.25) is 4.79 Å². The van der Waals surface area contributed by atoms with Gasteiger partial charge in [0.15, 0.2) is 6.10 Å². The lowest BCUT2D eigenvalue weighted by Crippen LogP contribution is -2.36. The van der Waals surface area contributed by atoms with Gasteiger partial charge in [-0.05, 0) is 18.6 Å². The van der Waals surface area contributed by atoms with Gasteiger partial charge >= 0.3 is 0 Å². The van der Waals surface area contributed by atoms with Crippen molar-refractivity contribution in [3.8, 4) is 5.75 Å². The summed E-state index contributed by atoms with van der Waals surface area (Å²) in [6.45, 7) is 1.90. The van der Waals surface area contributed by atoms with Crippen molar-refractivity contribution in [3.63, 3.8) is 0 Å². The second kappa shape index (κ2) is 3.21. The molecule has 0 fully saturated rings. The molecule has 0 spiro atoms. The third-order valence-corrected chi connectivity index (χ3v) is 2.20. The minimum atomic E-state index is -0.399. The van der Waals surface area contributed by atoms with E-state index in [1.54, 1.807) is 18.2 Å². The number of benzene rings is 1. The molecule has 1 unspecified atom stereocenters. The molecular weight excluding hydrogens is 180 g/mol. The van der Waals surface area contributed by atoms with Gasteiger partial charge in [0.2, 0.25) is 0 Å². The molecule has 0 bridgehead atoms. The van der Waals surface area contributed by atoms with Gasteiger partial charge in [-0.2, -0.15) is 0 Å². The van der Waals surface area contributed by atoms with Crippen molar-refractivity contribution in [1.82, 2.24) is 0 Å². The summed E-state index contributed by atoms with van der Waals surface area (Å²) < 4.78 is 5.48. The van der Waals surface area contributed by atoms with Crippen LogP contribution in [0.4, 0.5) is 11.4 Å². The maximum atomic E-state index is 11.4. The van der Waals surface area contributed by atoms with Crippen LogP contribution in [0.5, 0.6) is 5.75 Å². The molecule has 1 amide bonds. The molecule has 0 aromatic heterocycles. The van der Waals surface area contributed by atoms with Crippen molar-refractivity contribution in [2.75, 3.05) is 11.1 Å². The highest BCUT2D eigenvalue weighted by Gasteiger charge is 2.25. The molecule has 1 atom stereocenters. The number of carbonyl (C=O) groups is 1. The van der Waals surface area contributed by atoms with Gasteiger partial charge in [-0.1, -0.05) is 6.92 Å². The van der Waals surface area contributed by atoms with Crippen LogP contribution in [-0.2, 0) is 4.79 Å². The summed E-state index contributed by atoms with van der Waals surface area (Å²) in [6, 6.07) is 5.20. The van der Waals surface area contributed by atoms with Crippen LogP contribution in [0.15, 0.2) is 18.2 Å². The first-order chi connectivity index (χ1) is 6.70. The highest BCUT2D eigenvalue weighted by Crippen LogP contribution is 2.31. The van der Waals surface area contributed by atoms with Crippen LogP contribution in [0, 0.1) is 0 Å². The van der Waals surface area contributed by atoms with E-state index in [1.807, 2.05) is 6.92 Å². The molecule has 4 nitrogen and oxygen atoms in total. The quantitative estimate of drug-likeness (QED) is 0.660. The molecule has 1 aliphatic heterocycles. The number of amides is 1. The van der Waals surface area contributed by atoms with E-state index in [4.69, 9.17) is 10.5 Å². The summed E-state index contributed by atoms with van der Waals surface area (Å²) in [5, 5.41) is 2.77. The second-order valence-corrected chi connectivity index (χ2v) is 3.26. The Bertz CT molecular complexity index is 376. The number of nitrogens with one attached hydrogen (secondary N) is 1. The van der Waals surface area contributed by atoms with Crippen LogP contribution >= 0.6 is 0 Å². The van der Waals surface area contributed by atoms with E-state index in [2.05, 4.69) is 5.32 Å². The Hall–Kier alpha value is -1.71. The minimum absolute atomic E-state index is 0.0928. The van der Waals surface area contributed by atoms with E-state index in [-0.39, 0.29) is 5.91 Å². The Morgan fingerprint density at radius 2 is 2.36 bits per heavy atom. The molecule has 0 saturated carbocycles. The fourth-order valence-electron chi connectivity index (χ4n) is 1.43. The average molecular weight is 192 g/mol. The largest absolute Gasteiger partial charge is 0.478 e. The third kappa shape index (κ3) is 1.39. The van der Waals surface area contributed by atoms with Crippen LogP contribution in [0.25, 0.3) is 0 Å². The molecule has 2 rings (SSSR count). The lowest BCUT2D eigenvalue weighted by molar-refractivity contribution is -0.123. The topological polar surface area (TPSA) is 64.3 Å². The molecule has 0 saturated heterocycles. The highest BCUT2D eigenvalue weighted by atomic mass is 16.5. The molecule has 74 valence electrons. The first-order valence-electron chi connectivity index (χ1n) is 4.57. The van der Waals surface area contributed by atoms with Gasteiger partial charge in [0.25, 0.3) is 5.91 Å². The van der Waals surface area contributed by atoms with Gasteiger partial charge in [-0.25, -0.2) is 0 Å². The summed E-state index contributed by atoms with van der Waals surface area (Å²) in [7, 11) is 0. The molecular formula is C10H12N2O2. The Morgan fingerprint density at radius 1 is 1.57 bits per heavy atom. The third-order valence-electron chi connectivity index (χ3n) is 2.20. The summed E-state index contributed by atoms with van der Waals surface area (Å²) in [4.78, 5) is 11.4. The average Bonchev–Trinajstić information content (AvgIpc) is 2.17. The number of hydrogen-bond donors (Lipinski definition) is 2. The first-order valence-corrected chi connectivity index (χ1v) is 4.57. The van der Waals surface area contributed by atoms with Crippen molar-refractivity contribution < 1.29 is 9.53 Å². The predicted molar refractivity (Wildman–Crippen MR) is 54.2 cm³/mol. The summed E-state index contributed by atoms with van der Waals surface area (Å²) in [5.74, 6) is 0.557. The van der Waals surface area contributed by atoms with Gasteiger partial charge in [-0.15, -0.1) is 0 Å². The maximum absolute atomic E-state index is 11.4. The van der Waals surface area contributed by atoms with Gasteiger partial charge < -0.3 is 15.8 Å². The van der Waals surface area contributed by atoms with Gasteiger partial charge in [0.1, 0.15) is 5.75 Å². The number of nitrogens with two attached hydrogens (primary N) is 1. The first kappa shape index (κ1) is 8.87. The lowest BCUT2D eigenvalue weighted by atomic mass is 10.2. The van der Waals surface area contributed by atoms with Gasteiger partial charge in [0, 0.05) is 11.8 Å². The van der Waals surface area contributed by atoms with Crippen LogP contribution in [-0.4, -0.2) is 12.0 Å². The van der Waals surface area contributed by atoms with Crippen molar-refractivity contribution in [1.29, 1.82) is 0 Å². The molecule has 1 aliphatic rings. The van der Waals surface area contributed by atoms with E-state index >= 15 is 0 Å². The fraction of sp³-hybridized carbons (Fsp3) is 0.300. The Kier molecular flexibility index (Phi) is 2.04. The van der Waals surface area contributed by atoms with E-state index in [9.17, 15) is 4.79 Å². The molecule has 14 heavy (non-hydrogen) atoms. The fourth-order valence-corrected chi connectivity index (χ4v) is 1.43. The second-order valence-electron chi connectivity index (χ2n) is 3.26. The summed E-state index contributed by atoms with van der Waals surface area (Å²) in [5.41, 5.74) is 6.93. The monoisotopic (exact) mass is 192 g/mol. The van der Waals surface area contributed by atoms with E-state index in [1.165, 1.54) is 0 Å². The number of ether oxygens (including phenoxy) is 1. The van der Waals surface area contributed by atoms with Gasteiger partial charge in [0.05, 0.1) is 5.69 Å². The van der Waals surface area contributed by atoms with Crippen molar-refractivity contribution in [2.45, 2.75) is 19.4 Å². The predicted octanol–water partition coefficient (Wildman–Crippen LogP) is 1.38. The van der Waals surface area contributed by atoms with Crippen LogP contribution in [0.1, 0.15) is 13.3 Å². The zero-order chi connectivity index (χ0) is 10.1. The normalized spacial score (nSPS) is 19.5. The van der Waals surface area contributed by atoms with E-state index < -0.39 is 6.10 Å². The number of carbonyl (C=O) groups excluding carboxylic acids is 1. The number of anilines is 2. The van der Waals surface area contributed by atoms with E-state index in [0.717, 1.165) is 0 Å². The number of nitrogen functional groups attached to an aromatic ring is 1. The maximum Gasteiger partial charge on any atom is 0.265 e. The van der Waals surface area contributed by atoms with Crippen LogP contribution in [0.3, 0.4) is 0 Å². The SMILES string of the molecule is CCC1Oc2cc(N)ccc2NC1=O. The highest BCUT2D eigenvalue weighted by molar-refractivity contribution is 5.97. The molecule has 0 radical (unpaired) electrons. The Morgan fingerprint density at radius 3 is 3.07 bits per heavy atom. The van der Waals surface area contributed by atoms with Crippen molar-refractivity contribution in [2.24, 2.45) is 0 Å². The number of fused-ring (bicyclic) bond motifs is 1. The number of hydrogen-bond acceptors (Lipinski definition) is 3. The number of rotatable bonds is 1. The van der Waals surface area contributed by atoms with Crippen LogP contribution < -0.4 is 15.8 Å². The summed E-state index contributed by atoms with van der Waals surface area (Å²) >= 11 is 0. The van der Waals surface area contributed by atoms with E-state index in [0.29, 0.717) is 23.5 Å². The Labute approximate surface area is 82.1 Å². The zero-order valence-electron chi connectivity index (χ0n) is 7.91. The zero-order valence-corrected chi connectivity index (χ0v) is 7.91. The smallest absolute Gasteiger partial charge is 0.265 e. The Balaban J connectivity index is 2.36. The lowest BCUT2D eigenvalue weighted by Gasteiger charge is -2.25. The molecule has 1 aromatic carbocycles. The molecule has 4 heteroatoms. The van der Waals surface area contributed by atoms with Crippen LogP contribution in [0.2, 0.25) is 0 Å².